The summed E-state index contributed by atoms with van der Waals surface area (Å²) in [5, 5.41) is -0.117. The average molecular weight is 337 g/mol. The molecule has 1 aromatic carbocycles. The Balaban J connectivity index is 2.67. The molecule has 0 saturated heterocycles. The summed E-state index contributed by atoms with van der Waals surface area (Å²) in [6, 6.07) is 5.36. The van der Waals surface area contributed by atoms with Crippen molar-refractivity contribution in [2.24, 2.45) is 5.73 Å². The van der Waals surface area contributed by atoms with Crippen LogP contribution in [-0.4, -0.2) is 10.6 Å². The molecule has 21 heavy (non-hydrogen) atoms. The van der Waals surface area contributed by atoms with Crippen LogP contribution in [0.4, 0.5) is 13.2 Å². The first-order chi connectivity index (χ1) is 9.70. The molecule has 0 fully saturated rings. The molecule has 0 bridgehead atoms. The molecular weight excluding hydrogens is 324 g/mol. The third-order valence-corrected chi connectivity index (χ3v) is 3.45. The summed E-state index contributed by atoms with van der Waals surface area (Å²) >= 11 is 11.7. The Morgan fingerprint density at radius 3 is 2.52 bits per heavy atom. The van der Waals surface area contributed by atoms with Gasteiger partial charge in [-0.3, -0.25) is 0 Å². The van der Waals surface area contributed by atoms with Gasteiger partial charge >= 0.3 is 6.18 Å². The van der Waals surface area contributed by atoms with Gasteiger partial charge in [0.15, 0.2) is 0 Å². The van der Waals surface area contributed by atoms with Gasteiger partial charge in [0.25, 0.3) is 0 Å². The Morgan fingerprint density at radius 2 is 1.95 bits per heavy atom. The van der Waals surface area contributed by atoms with Gasteiger partial charge in [-0.1, -0.05) is 23.2 Å². The molecule has 1 atom stereocenters. The minimum atomic E-state index is -4.56. The van der Waals surface area contributed by atoms with Gasteiger partial charge in [0.1, 0.15) is 0 Å². The van der Waals surface area contributed by atoms with Crippen LogP contribution >= 0.6 is 23.2 Å². The lowest BCUT2D eigenvalue weighted by Crippen LogP contribution is -2.20. The number of benzene rings is 1. The van der Waals surface area contributed by atoms with E-state index in [4.69, 9.17) is 28.9 Å². The van der Waals surface area contributed by atoms with Crippen molar-refractivity contribution >= 4 is 23.2 Å². The Hall–Kier alpha value is -1.17. The van der Waals surface area contributed by atoms with E-state index in [-0.39, 0.29) is 21.8 Å². The number of nitrogens with two attached hydrogens (primary N) is 1. The second-order valence-electron chi connectivity index (χ2n) is 4.83. The predicted octanol–water partition coefficient (Wildman–Crippen LogP) is 4.69. The van der Waals surface area contributed by atoms with E-state index in [0.29, 0.717) is 12.1 Å². The van der Waals surface area contributed by atoms with Gasteiger partial charge in [0, 0.05) is 29.4 Å². The van der Waals surface area contributed by atoms with Gasteiger partial charge in [-0.2, -0.15) is 13.2 Å². The van der Waals surface area contributed by atoms with Crippen LogP contribution in [0.15, 0.2) is 30.5 Å². The van der Waals surface area contributed by atoms with Crippen molar-refractivity contribution in [2.75, 3.05) is 0 Å². The standard InChI is InChI=1S/C14H13Cl2F3N2/c1-8(20)5-10-3-2-4-21(10)13-11(14(17,18)19)6-9(15)7-12(13)16/h2-4,6-8H,5,20H2,1H3. The highest BCUT2D eigenvalue weighted by Crippen LogP contribution is 2.40. The van der Waals surface area contributed by atoms with Gasteiger partial charge < -0.3 is 10.3 Å². The Labute approximate surface area is 130 Å². The highest BCUT2D eigenvalue weighted by Gasteiger charge is 2.36. The maximum atomic E-state index is 13.2. The highest BCUT2D eigenvalue weighted by atomic mass is 35.5. The maximum absolute atomic E-state index is 13.2. The van der Waals surface area contributed by atoms with Gasteiger partial charge in [-0.05, 0) is 31.2 Å². The Morgan fingerprint density at radius 1 is 1.29 bits per heavy atom. The summed E-state index contributed by atoms with van der Waals surface area (Å²) in [5.41, 5.74) is 5.38. The molecule has 2 rings (SSSR count). The second kappa shape index (κ2) is 5.91. The third-order valence-electron chi connectivity index (χ3n) is 2.94. The molecule has 1 unspecified atom stereocenters. The molecule has 2 nitrogen and oxygen atoms in total. The van der Waals surface area contributed by atoms with Crippen molar-refractivity contribution in [3.63, 3.8) is 0 Å². The smallest absolute Gasteiger partial charge is 0.328 e. The fourth-order valence-corrected chi connectivity index (χ4v) is 2.74. The third kappa shape index (κ3) is 3.54. The van der Waals surface area contributed by atoms with Crippen LogP contribution in [0.1, 0.15) is 18.2 Å². The number of alkyl halides is 3. The summed E-state index contributed by atoms with van der Waals surface area (Å²) in [6.45, 7) is 1.78. The van der Waals surface area contributed by atoms with E-state index in [1.807, 2.05) is 0 Å². The van der Waals surface area contributed by atoms with Gasteiger partial charge in [-0.25, -0.2) is 0 Å². The van der Waals surface area contributed by atoms with E-state index < -0.39 is 11.7 Å². The van der Waals surface area contributed by atoms with E-state index in [1.165, 1.54) is 16.8 Å². The number of aromatic nitrogens is 1. The Kier molecular flexibility index (Phi) is 4.56. The van der Waals surface area contributed by atoms with E-state index in [0.717, 1.165) is 6.07 Å². The predicted molar refractivity (Wildman–Crippen MR) is 78.1 cm³/mol. The summed E-state index contributed by atoms with van der Waals surface area (Å²) in [4.78, 5) is 0. The number of hydrogen-bond donors (Lipinski definition) is 1. The molecule has 0 spiro atoms. The lowest BCUT2D eigenvalue weighted by atomic mass is 10.1. The van der Waals surface area contributed by atoms with Crippen LogP contribution < -0.4 is 5.73 Å². The normalized spacial score (nSPS) is 13.5. The van der Waals surface area contributed by atoms with Crippen molar-refractivity contribution in [3.05, 3.63) is 51.8 Å². The maximum Gasteiger partial charge on any atom is 0.418 e. The van der Waals surface area contributed by atoms with E-state index >= 15 is 0 Å². The summed E-state index contributed by atoms with van der Waals surface area (Å²) < 4.78 is 41.1. The number of halogens is 5. The van der Waals surface area contributed by atoms with Crippen LogP contribution in [0.5, 0.6) is 0 Å². The van der Waals surface area contributed by atoms with Crippen molar-refractivity contribution in [1.29, 1.82) is 0 Å². The van der Waals surface area contributed by atoms with Crippen molar-refractivity contribution in [1.82, 2.24) is 4.57 Å². The first-order valence-electron chi connectivity index (χ1n) is 6.18. The molecule has 0 aliphatic heterocycles. The first kappa shape index (κ1) is 16.2. The lowest BCUT2D eigenvalue weighted by molar-refractivity contribution is -0.137. The fraction of sp³-hybridized carbons (Fsp3) is 0.286. The highest BCUT2D eigenvalue weighted by molar-refractivity contribution is 6.36. The number of hydrogen-bond acceptors (Lipinski definition) is 1. The second-order valence-corrected chi connectivity index (χ2v) is 5.68. The monoisotopic (exact) mass is 336 g/mol. The molecule has 1 heterocycles. The molecule has 1 aromatic heterocycles. The fourth-order valence-electron chi connectivity index (χ4n) is 2.16. The molecule has 7 heteroatoms. The van der Waals surface area contributed by atoms with Gasteiger partial charge in [-0.15, -0.1) is 0 Å². The quantitative estimate of drug-likeness (QED) is 0.865. The summed E-state index contributed by atoms with van der Waals surface area (Å²) in [6.07, 6.45) is -2.59. The van der Waals surface area contributed by atoms with E-state index in [1.54, 1.807) is 19.1 Å². The van der Waals surface area contributed by atoms with Crippen LogP contribution in [0.3, 0.4) is 0 Å². The van der Waals surface area contributed by atoms with Crippen LogP contribution in [0.25, 0.3) is 5.69 Å². The minimum absolute atomic E-state index is 0.0584. The molecule has 0 radical (unpaired) electrons. The zero-order valence-corrected chi connectivity index (χ0v) is 12.6. The van der Waals surface area contributed by atoms with E-state index in [2.05, 4.69) is 0 Å². The van der Waals surface area contributed by atoms with E-state index in [9.17, 15) is 13.2 Å². The first-order valence-corrected chi connectivity index (χ1v) is 6.94. The summed E-state index contributed by atoms with van der Waals surface area (Å²) in [7, 11) is 0. The molecular formula is C14H13Cl2F3N2. The zero-order valence-electron chi connectivity index (χ0n) is 11.1. The van der Waals surface area contributed by atoms with Gasteiger partial charge in [0.05, 0.1) is 16.3 Å². The lowest BCUT2D eigenvalue weighted by Gasteiger charge is -2.19. The molecule has 0 aliphatic rings. The van der Waals surface area contributed by atoms with Crippen molar-refractivity contribution in [2.45, 2.75) is 25.6 Å². The Bertz CT molecular complexity index is 648. The SMILES string of the molecule is CC(N)Cc1cccn1-c1c(Cl)cc(Cl)cc1C(F)(F)F. The molecule has 114 valence electrons. The van der Waals surface area contributed by atoms with Crippen molar-refractivity contribution in [3.8, 4) is 5.69 Å². The van der Waals surface area contributed by atoms with Gasteiger partial charge in [0.2, 0.25) is 0 Å². The number of nitrogens with zero attached hydrogens (tertiary/aromatic N) is 1. The minimum Gasteiger partial charge on any atom is -0.328 e. The average Bonchev–Trinajstić information content (AvgIpc) is 2.74. The zero-order chi connectivity index (χ0) is 15.8. The topological polar surface area (TPSA) is 30.9 Å². The molecule has 0 aliphatic carbocycles. The molecule has 2 aromatic rings. The molecule has 2 N–H and O–H groups in total. The molecule has 0 saturated carbocycles. The van der Waals surface area contributed by atoms with Crippen LogP contribution in [0, 0.1) is 0 Å². The summed E-state index contributed by atoms with van der Waals surface area (Å²) in [5.74, 6) is 0. The van der Waals surface area contributed by atoms with Crippen LogP contribution in [0.2, 0.25) is 10.0 Å². The largest absolute Gasteiger partial charge is 0.418 e. The van der Waals surface area contributed by atoms with Crippen LogP contribution in [-0.2, 0) is 12.6 Å². The van der Waals surface area contributed by atoms with Crippen molar-refractivity contribution < 1.29 is 13.2 Å². The molecule has 0 amide bonds. The number of rotatable bonds is 3.